The smallest absolute Gasteiger partial charge is 0.255 e. The first-order valence-corrected chi connectivity index (χ1v) is 8.34. The second-order valence-corrected chi connectivity index (χ2v) is 6.45. The number of carbonyl (C=O) groups excluding carboxylic acids is 1. The second-order valence-electron chi connectivity index (χ2n) is 6.01. The summed E-state index contributed by atoms with van der Waals surface area (Å²) in [6.45, 7) is 1.04. The van der Waals surface area contributed by atoms with Crippen LogP contribution in [0.2, 0.25) is 5.02 Å². The van der Waals surface area contributed by atoms with Gasteiger partial charge in [-0.15, -0.1) is 0 Å². The van der Waals surface area contributed by atoms with Gasteiger partial charge in [-0.05, 0) is 30.9 Å². The Balaban J connectivity index is 1.54. The van der Waals surface area contributed by atoms with Crippen molar-refractivity contribution in [3.8, 4) is 11.3 Å². The number of hydrogen-bond acceptors (Lipinski definition) is 4. The SMILES string of the molecule is O=C(NCC(O)COCC1CC1)c1cn[nH]c1-c1cccc(Cl)c1. The van der Waals surface area contributed by atoms with E-state index in [9.17, 15) is 9.90 Å². The molecule has 0 spiro atoms. The quantitative estimate of drug-likeness (QED) is 0.682. The zero-order chi connectivity index (χ0) is 16.9. The number of carbonyl (C=O) groups is 1. The summed E-state index contributed by atoms with van der Waals surface area (Å²) >= 11 is 5.99. The minimum absolute atomic E-state index is 0.129. The molecule has 1 aromatic carbocycles. The van der Waals surface area contributed by atoms with Gasteiger partial charge in [-0.25, -0.2) is 0 Å². The maximum Gasteiger partial charge on any atom is 0.255 e. The number of aromatic nitrogens is 2. The molecule has 7 heteroatoms. The molecule has 0 saturated heterocycles. The maximum atomic E-state index is 12.3. The normalized spacial score (nSPS) is 15.2. The summed E-state index contributed by atoms with van der Waals surface area (Å²) in [6.07, 6.45) is 3.15. The first-order chi connectivity index (χ1) is 11.6. The Labute approximate surface area is 145 Å². The van der Waals surface area contributed by atoms with E-state index in [1.54, 1.807) is 18.2 Å². The average Bonchev–Trinajstić information content (AvgIpc) is 3.25. The lowest BCUT2D eigenvalue weighted by Gasteiger charge is -2.12. The molecule has 2 aromatic rings. The third-order valence-electron chi connectivity index (χ3n) is 3.86. The zero-order valence-corrected chi connectivity index (χ0v) is 13.9. The van der Waals surface area contributed by atoms with Crippen LogP contribution < -0.4 is 5.32 Å². The Morgan fingerprint density at radius 2 is 2.33 bits per heavy atom. The highest BCUT2D eigenvalue weighted by Crippen LogP contribution is 2.28. The number of ether oxygens (including phenoxy) is 1. The highest BCUT2D eigenvalue weighted by atomic mass is 35.5. The topological polar surface area (TPSA) is 87.2 Å². The van der Waals surface area contributed by atoms with Crippen LogP contribution in [0, 0.1) is 5.92 Å². The van der Waals surface area contributed by atoms with Crippen LogP contribution in [0.15, 0.2) is 30.5 Å². The Morgan fingerprint density at radius 3 is 3.08 bits per heavy atom. The fourth-order valence-corrected chi connectivity index (χ4v) is 2.53. The first kappa shape index (κ1) is 17.0. The molecule has 6 nitrogen and oxygen atoms in total. The minimum atomic E-state index is -0.728. The summed E-state index contributed by atoms with van der Waals surface area (Å²) in [7, 11) is 0. The van der Waals surface area contributed by atoms with Gasteiger partial charge in [0.1, 0.15) is 0 Å². The molecule has 0 bridgehead atoms. The van der Waals surface area contributed by atoms with Crippen molar-refractivity contribution in [3.05, 3.63) is 41.0 Å². The number of amides is 1. The van der Waals surface area contributed by atoms with Gasteiger partial charge in [-0.3, -0.25) is 9.89 Å². The van der Waals surface area contributed by atoms with Gasteiger partial charge in [0, 0.05) is 23.7 Å². The molecule has 1 unspecified atom stereocenters. The lowest BCUT2D eigenvalue weighted by molar-refractivity contribution is 0.0321. The van der Waals surface area contributed by atoms with E-state index in [1.807, 2.05) is 6.07 Å². The summed E-state index contributed by atoms with van der Waals surface area (Å²) in [5.74, 6) is 0.345. The van der Waals surface area contributed by atoms with Crippen molar-refractivity contribution in [2.45, 2.75) is 18.9 Å². The standard InChI is InChI=1S/C17H20ClN3O3/c18-13-3-1-2-12(6-13)16-15(8-20-21-16)17(23)19-7-14(22)10-24-9-11-4-5-11/h1-3,6,8,11,14,22H,4-5,7,9-10H2,(H,19,23)(H,20,21). The van der Waals surface area contributed by atoms with Crippen molar-refractivity contribution in [1.29, 1.82) is 0 Å². The molecule has 1 amide bonds. The molecule has 1 aromatic heterocycles. The monoisotopic (exact) mass is 349 g/mol. The third kappa shape index (κ3) is 4.56. The lowest BCUT2D eigenvalue weighted by Crippen LogP contribution is -2.34. The number of nitrogens with one attached hydrogen (secondary N) is 2. The molecule has 1 heterocycles. The number of rotatable bonds is 8. The predicted octanol–water partition coefficient (Wildman–Crippen LogP) is 2.25. The number of H-pyrrole nitrogens is 1. The van der Waals surface area contributed by atoms with Crippen molar-refractivity contribution in [2.75, 3.05) is 19.8 Å². The molecule has 0 radical (unpaired) electrons. The van der Waals surface area contributed by atoms with Crippen LogP contribution in [0.4, 0.5) is 0 Å². The van der Waals surface area contributed by atoms with Gasteiger partial charge < -0.3 is 15.2 Å². The highest BCUT2D eigenvalue weighted by Gasteiger charge is 2.22. The molecule has 3 rings (SSSR count). The zero-order valence-electron chi connectivity index (χ0n) is 13.2. The van der Waals surface area contributed by atoms with Crippen LogP contribution in [0.1, 0.15) is 23.2 Å². The van der Waals surface area contributed by atoms with E-state index in [-0.39, 0.29) is 19.1 Å². The van der Waals surface area contributed by atoms with E-state index < -0.39 is 6.10 Å². The summed E-state index contributed by atoms with van der Waals surface area (Å²) in [5.41, 5.74) is 1.77. The van der Waals surface area contributed by atoms with Crippen LogP contribution in [0.25, 0.3) is 11.3 Å². The molecular formula is C17H20ClN3O3. The number of halogens is 1. The number of aliphatic hydroxyl groups is 1. The molecule has 1 aliphatic rings. The number of aliphatic hydroxyl groups excluding tert-OH is 1. The predicted molar refractivity (Wildman–Crippen MR) is 90.9 cm³/mol. The van der Waals surface area contributed by atoms with Crippen molar-refractivity contribution >= 4 is 17.5 Å². The van der Waals surface area contributed by atoms with E-state index in [0.29, 0.717) is 28.8 Å². The summed E-state index contributed by atoms with van der Waals surface area (Å²) < 4.78 is 5.41. The van der Waals surface area contributed by atoms with E-state index >= 15 is 0 Å². The van der Waals surface area contributed by atoms with Gasteiger partial charge in [-0.2, -0.15) is 5.10 Å². The van der Waals surface area contributed by atoms with E-state index in [2.05, 4.69) is 15.5 Å². The number of hydrogen-bond donors (Lipinski definition) is 3. The molecule has 128 valence electrons. The Morgan fingerprint density at radius 1 is 1.50 bits per heavy atom. The van der Waals surface area contributed by atoms with E-state index in [1.165, 1.54) is 19.0 Å². The number of nitrogens with zero attached hydrogens (tertiary/aromatic N) is 1. The maximum absolute atomic E-state index is 12.3. The van der Waals surface area contributed by atoms with Crippen molar-refractivity contribution in [2.24, 2.45) is 5.92 Å². The summed E-state index contributed by atoms with van der Waals surface area (Å²) in [6, 6.07) is 7.17. The average molecular weight is 350 g/mol. The number of aromatic amines is 1. The Bertz CT molecular complexity index is 700. The van der Waals surface area contributed by atoms with Crippen LogP contribution in [-0.2, 0) is 4.74 Å². The summed E-state index contributed by atoms with van der Waals surface area (Å²) in [5, 5.41) is 19.9. The van der Waals surface area contributed by atoms with E-state index in [4.69, 9.17) is 16.3 Å². The van der Waals surface area contributed by atoms with Gasteiger partial charge >= 0.3 is 0 Å². The lowest BCUT2D eigenvalue weighted by atomic mass is 10.1. The fraction of sp³-hybridized carbons (Fsp3) is 0.412. The van der Waals surface area contributed by atoms with Gasteiger partial charge in [0.25, 0.3) is 5.91 Å². The minimum Gasteiger partial charge on any atom is -0.389 e. The third-order valence-corrected chi connectivity index (χ3v) is 4.09. The largest absolute Gasteiger partial charge is 0.389 e. The molecule has 0 aliphatic heterocycles. The molecule has 1 atom stereocenters. The van der Waals surface area contributed by atoms with Gasteiger partial charge in [0.15, 0.2) is 0 Å². The fourth-order valence-electron chi connectivity index (χ4n) is 2.34. The highest BCUT2D eigenvalue weighted by molar-refractivity contribution is 6.30. The first-order valence-electron chi connectivity index (χ1n) is 7.97. The molecule has 3 N–H and O–H groups in total. The van der Waals surface area contributed by atoms with Crippen molar-refractivity contribution < 1.29 is 14.6 Å². The molecule has 1 aliphatic carbocycles. The molecule has 24 heavy (non-hydrogen) atoms. The van der Waals surface area contributed by atoms with Crippen LogP contribution >= 0.6 is 11.6 Å². The second kappa shape index (κ2) is 7.79. The van der Waals surface area contributed by atoms with Gasteiger partial charge in [0.2, 0.25) is 0 Å². The molecular weight excluding hydrogens is 330 g/mol. The van der Waals surface area contributed by atoms with Crippen LogP contribution in [-0.4, -0.2) is 47.1 Å². The van der Waals surface area contributed by atoms with Crippen molar-refractivity contribution in [3.63, 3.8) is 0 Å². The summed E-state index contributed by atoms with van der Waals surface area (Å²) in [4.78, 5) is 12.3. The van der Waals surface area contributed by atoms with Crippen molar-refractivity contribution in [1.82, 2.24) is 15.5 Å². The Hall–Kier alpha value is -1.89. The van der Waals surface area contributed by atoms with Gasteiger partial charge in [0.05, 0.1) is 30.2 Å². The van der Waals surface area contributed by atoms with Crippen LogP contribution in [0.3, 0.4) is 0 Å². The molecule has 1 saturated carbocycles. The number of benzene rings is 1. The van der Waals surface area contributed by atoms with Crippen LogP contribution in [0.5, 0.6) is 0 Å². The molecule has 1 fully saturated rings. The van der Waals surface area contributed by atoms with E-state index in [0.717, 1.165) is 5.56 Å². The van der Waals surface area contributed by atoms with Gasteiger partial charge in [-0.1, -0.05) is 23.7 Å². The Kier molecular flexibility index (Phi) is 5.50.